The van der Waals surface area contributed by atoms with Crippen LogP contribution in [-0.4, -0.2) is 41.5 Å². The Morgan fingerprint density at radius 1 is 1.37 bits per heavy atom. The first-order chi connectivity index (χ1) is 8.63. The standard InChI is InChI=1S/C13H22N2O4/c1-8-5-9(8)7-15(4)12(19)14-10(16)6-13(2,3)11(17)18/h8-9H,5-7H2,1-4H3,(H,17,18)(H,14,16,19). The number of rotatable bonds is 5. The van der Waals surface area contributed by atoms with Crippen molar-refractivity contribution in [3.8, 4) is 0 Å². The molecule has 0 aromatic heterocycles. The molecule has 1 fully saturated rings. The second-order valence-electron chi connectivity index (χ2n) is 6.07. The number of nitrogens with one attached hydrogen (secondary N) is 1. The monoisotopic (exact) mass is 270 g/mol. The fourth-order valence-electron chi connectivity index (χ4n) is 1.82. The predicted molar refractivity (Wildman–Crippen MR) is 69.5 cm³/mol. The van der Waals surface area contributed by atoms with Crippen LogP contribution in [0.4, 0.5) is 4.79 Å². The molecule has 2 atom stereocenters. The minimum atomic E-state index is -1.17. The molecular weight excluding hydrogens is 248 g/mol. The number of hydrogen-bond acceptors (Lipinski definition) is 3. The van der Waals surface area contributed by atoms with Crippen molar-refractivity contribution in [3.63, 3.8) is 0 Å². The zero-order valence-corrected chi connectivity index (χ0v) is 11.9. The fraction of sp³-hybridized carbons (Fsp3) is 0.769. The molecule has 3 amide bonds. The Kier molecular flexibility index (Phi) is 4.55. The van der Waals surface area contributed by atoms with Gasteiger partial charge in [0.2, 0.25) is 5.91 Å². The van der Waals surface area contributed by atoms with E-state index in [0.717, 1.165) is 6.42 Å². The van der Waals surface area contributed by atoms with E-state index in [-0.39, 0.29) is 6.42 Å². The lowest BCUT2D eigenvalue weighted by atomic mass is 9.89. The Labute approximate surface area is 113 Å². The van der Waals surface area contributed by atoms with Gasteiger partial charge in [-0.1, -0.05) is 6.92 Å². The van der Waals surface area contributed by atoms with Crippen molar-refractivity contribution in [2.75, 3.05) is 13.6 Å². The molecule has 19 heavy (non-hydrogen) atoms. The molecule has 1 rings (SSSR count). The maximum atomic E-state index is 11.7. The van der Waals surface area contributed by atoms with Crippen molar-refractivity contribution < 1.29 is 19.5 Å². The molecule has 108 valence electrons. The quantitative estimate of drug-likeness (QED) is 0.788. The summed E-state index contributed by atoms with van der Waals surface area (Å²) in [7, 11) is 1.63. The summed E-state index contributed by atoms with van der Waals surface area (Å²) in [5.41, 5.74) is -1.17. The Balaban J connectivity index is 2.39. The molecule has 0 heterocycles. The van der Waals surface area contributed by atoms with Gasteiger partial charge in [-0.25, -0.2) is 4.79 Å². The van der Waals surface area contributed by atoms with Crippen LogP contribution in [0.3, 0.4) is 0 Å². The summed E-state index contributed by atoms with van der Waals surface area (Å²) in [6, 6.07) is -0.467. The molecule has 0 bridgehead atoms. The molecule has 0 aromatic rings. The first-order valence-corrected chi connectivity index (χ1v) is 6.42. The second kappa shape index (κ2) is 5.59. The van der Waals surface area contributed by atoms with E-state index in [0.29, 0.717) is 18.4 Å². The van der Waals surface area contributed by atoms with E-state index in [4.69, 9.17) is 5.11 Å². The van der Waals surface area contributed by atoms with Crippen molar-refractivity contribution >= 4 is 17.9 Å². The number of carbonyl (C=O) groups is 3. The number of hydrogen-bond donors (Lipinski definition) is 2. The third kappa shape index (κ3) is 4.54. The zero-order chi connectivity index (χ0) is 14.8. The minimum absolute atomic E-state index is 0.220. The highest BCUT2D eigenvalue weighted by Gasteiger charge is 2.35. The lowest BCUT2D eigenvalue weighted by Gasteiger charge is -2.20. The lowest BCUT2D eigenvalue weighted by molar-refractivity contribution is -0.149. The molecule has 0 spiro atoms. The highest BCUT2D eigenvalue weighted by molar-refractivity contribution is 5.96. The van der Waals surface area contributed by atoms with Gasteiger partial charge in [0.25, 0.3) is 0 Å². The lowest BCUT2D eigenvalue weighted by Crippen LogP contribution is -2.43. The van der Waals surface area contributed by atoms with Crippen LogP contribution >= 0.6 is 0 Å². The van der Waals surface area contributed by atoms with E-state index in [1.807, 2.05) is 0 Å². The number of imide groups is 1. The van der Waals surface area contributed by atoms with Gasteiger partial charge in [0.15, 0.2) is 0 Å². The van der Waals surface area contributed by atoms with Crippen molar-refractivity contribution in [2.24, 2.45) is 17.3 Å². The van der Waals surface area contributed by atoms with Gasteiger partial charge in [-0.3, -0.25) is 14.9 Å². The molecule has 2 N–H and O–H groups in total. The van der Waals surface area contributed by atoms with Crippen LogP contribution in [0.1, 0.15) is 33.6 Å². The molecule has 2 unspecified atom stereocenters. The van der Waals surface area contributed by atoms with Gasteiger partial charge >= 0.3 is 12.0 Å². The first-order valence-electron chi connectivity index (χ1n) is 6.42. The van der Waals surface area contributed by atoms with Crippen molar-refractivity contribution in [2.45, 2.75) is 33.6 Å². The van der Waals surface area contributed by atoms with Crippen LogP contribution in [-0.2, 0) is 9.59 Å². The van der Waals surface area contributed by atoms with Crippen molar-refractivity contribution in [1.29, 1.82) is 0 Å². The van der Waals surface area contributed by atoms with Gasteiger partial charge < -0.3 is 10.0 Å². The fourth-order valence-corrected chi connectivity index (χ4v) is 1.82. The third-order valence-corrected chi connectivity index (χ3v) is 3.56. The predicted octanol–water partition coefficient (Wildman–Crippen LogP) is 1.31. The molecule has 0 radical (unpaired) electrons. The van der Waals surface area contributed by atoms with Gasteiger partial charge in [-0.05, 0) is 32.1 Å². The minimum Gasteiger partial charge on any atom is -0.481 e. The maximum absolute atomic E-state index is 11.7. The van der Waals surface area contributed by atoms with E-state index in [1.54, 1.807) is 7.05 Å². The molecule has 1 saturated carbocycles. The largest absolute Gasteiger partial charge is 0.481 e. The average molecular weight is 270 g/mol. The zero-order valence-electron chi connectivity index (χ0n) is 11.9. The number of aliphatic carboxylic acids is 1. The summed E-state index contributed by atoms with van der Waals surface area (Å²) in [6.07, 6.45) is 0.888. The molecule has 0 aliphatic heterocycles. The van der Waals surface area contributed by atoms with E-state index < -0.39 is 23.3 Å². The molecule has 0 saturated heterocycles. The molecule has 1 aliphatic carbocycles. The smallest absolute Gasteiger partial charge is 0.323 e. The third-order valence-electron chi connectivity index (χ3n) is 3.56. The maximum Gasteiger partial charge on any atom is 0.323 e. The van der Waals surface area contributed by atoms with E-state index in [1.165, 1.54) is 18.7 Å². The Hall–Kier alpha value is -1.59. The number of carbonyl (C=O) groups excluding carboxylic acids is 2. The van der Waals surface area contributed by atoms with E-state index >= 15 is 0 Å². The Morgan fingerprint density at radius 3 is 2.32 bits per heavy atom. The van der Waals surface area contributed by atoms with Gasteiger partial charge in [0.05, 0.1) is 5.41 Å². The Bertz CT molecular complexity index is 392. The van der Waals surface area contributed by atoms with Gasteiger partial charge in [0, 0.05) is 20.0 Å². The van der Waals surface area contributed by atoms with Crippen LogP contribution in [0.25, 0.3) is 0 Å². The first kappa shape index (κ1) is 15.5. The van der Waals surface area contributed by atoms with Crippen LogP contribution in [0, 0.1) is 17.3 Å². The average Bonchev–Trinajstić information content (AvgIpc) is 2.92. The molecule has 6 heteroatoms. The van der Waals surface area contributed by atoms with Crippen LogP contribution in [0.15, 0.2) is 0 Å². The van der Waals surface area contributed by atoms with Crippen molar-refractivity contribution in [3.05, 3.63) is 0 Å². The molecule has 6 nitrogen and oxygen atoms in total. The summed E-state index contributed by atoms with van der Waals surface area (Å²) in [4.78, 5) is 35.7. The topological polar surface area (TPSA) is 86.7 Å². The highest BCUT2D eigenvalue weighted by Crippen LogP contribution is 2.37. The summed E-state index contributed by atoms with van der Waals surface area (Å²) in [6.45, 7) is 5.66. The van der Waals surface area contributed by atoms with Crippen LogP contribution < -0.4 is 5.32 Å². The van der Waals surface area contributed by atoms with Crippen LogP contribution in [0.5, 0.6) is 0 Å². The van der Waals surface area contributed by atoms with Gasteiger partial charge in [-0.2, -0.15) is 0 Å². The second-order valence-corrected chi connectivity index (χ2v) is 6.07. The number of amides is 3. The van der Waals surface area contributed by atoms with Crippen LogP contribution in [0.2, 0.25) is 0 Å². The van der Waals surface area contributed by atoms with E-state index in [2.05, 4.69) is 12.2 Å². The molecule has 0 aromatic carbocycles. The summed E-state index contributed by atoms with van der Waals surface area (Å²) in [5, 5.41) is 11.1. The van der Waals surface area contributed by atoms with Crippen molar-refractivity contribution in [1.82, 2.24) is 10.2 Å². The molecule has 1 aliphatic rings. The number of carboxylic acids is 1. The van der Waals surface area contributed by atoms with E-state index in [9.17, 15) is 14.4 Å². The number of urea groups is 1. The number of carboxylic acid groups (broad SMARTS) is 1. The molecular formula is C13H22N2O4. The summed E-state index contributed by atoms with van der Waals surface area (Å²) in [5.74, 6) is -0.471. The SMILES string of the molecule is CC1CC1CN(C)C(=O)NC(=O)CC(C)(C)C(=O)O. The normalized spacial score (nSPS) is 21.7. The summed E-state index contributed by atoms with van der Waals surface area (Å²) < 4.78 is 0. The number of nitrogens with zero attached hydrogens (tertiary/aromatic N) is 1. The summed E-state index contributed by atoms with van der Waals surface area (Å²) >= 11 is 0. The Morgan fingerprint density at radius 2 is 1.89 bits per heavy atom. The van der Waals surface area contributed by atoms with Gasteiger partial charge in [0.1, 0.15) is 0 Å². The highest BCUT2D eigenvalue weighted by atomic mass is 16.4. The van der Waals surface area contributed by atoms with Gasteiger partial charge in [-0.15, -0.1) is 0 Å².